The molecule has 0 saturated heterocycles. The summed E-state index contributed by atoms with van der Waals surface area (Å²) in [6.07, 6.45) is 3.11. The zero-order valence-corrected chi connectivity index (χ0v) is 18.6. The number of aryl methyl sites for hydroxylation is 3. The third kappa shape index (κ3) is 6.84. The van der Waals surface area contributed by atoms with Gasteiger partial charge in [0.05, 0.1) is 6.54 Å². The fourth-order valence-electron chi connectivity index (χ4n) is 3.38. The highest BCUT2D eigenvalue weighted by Crippen LogP contribution is 2.21. The van der Waals surface area contributed by atoms with Gasteiger partial charge < -0.3 is 15.4 Å². The van der Waals surface area contributed by atoms with Crippen LogP contribution in [0.25, 0.3) is 6.08 Å². The first kappa shape index (κ1) is 22.8. The minimum absolute atomic E-state index is 0.0950. The molecule has 164 valence electrons. The lowest BCUT2D eigenvalue weighted by Crippen LogP contribution is -2.32. The molecule has 3 aromatic carbocycles. The second kappa shape index (κ2) is 11.0. The van der Waals surface area contributed by atoms with Gasteiger partial charge in [0.1, 0.15) is 12.4 Å². The predicted octanol–water partition coefficient (Wildman–Crippen LogP) is 4.96. The number of benzene rings is 3. The van der Waals surface area contributed by atoms with Crippen molar-refractivity contribution in [1.29, 1.82) is 0 Å². The fourth-order valence-corrected chi connectivity index (χ4v) is 3.38. The van der Waals surface area contributed by atoms with E-state index in [1.807, 2.05) is 87.5 Å². The Hall–Kier alpha value is -3.86. The maximum absolute atomic E-state index is 12.2. The van der Waals surface area contributed by atoms with Crippen molar-refractivity contribution in [3.63, 3.8) is 0 Å². The van der Waals surface area contributed by atoms with Crippen molar-refractivity contribution in [2.45, 2.75) is 27.4 Å². The van der Waals surface area contributed by atoms with Gasteiger partial charge in [0.25, 0.3) is 0 Å². The van der Waals surface area contributed by atoms with Gasteiger partial charge in [0, 0.05) is 11.8 Å². The summed E-state index contributed by atoms with van der Waals surface area (Å²) in [7, 11) is 0. The van der Waals surface area contributed by atoms with Crippen molar-refractivity contribution < 1.29 is 14.3 Å². The minimum atomic E-state index is -0.332. The van der Waals surface area contributed by atoms with Crippen LogP contribution in [0.15, 0.2) is 72.8 Å². The van der Waals surface area contributed by atoms with E-state index in [4.69, 9.17) is 4.74 Å². The SMILES string of the molecule is Cc1cc(C)c(NC(=O)CNC(=O)/C=C/c2ccc(OCc3ccccc3)cc2)c(C)c1. The molecule has 0 aliphatic heterocycles. The summed E-state index contributed by atoms with van der Waals surface area (Å²) in [6.45, 7) is 6.33. The van der Waals surface area contributed by atoms with Gasteiger partial charge in [0.2, 0.25) is 11.8 Å². The fraction of sp³-hybridized carbons (Fsp3) is 0.185. The summed E-state index contributed by atoms with van der Waals surface area (Å²) < 4.78 is 5.76. The topological polar surface area (TPSA) is 67.4 Å². The molecule has 5 heteroatoms. The molecule has 0 radical (unpaired) electrons. The second-order valence-electron chi connectivity index (χ2n) is 7.72. The summed E-state index contributed by atoms with van der Waals surface area (Å²) in [5, 5.41) is 5.48. The molecule has 5 nitrogen and oxygen atoms in total. The van der Waals surface area contributed by atoms with Gasteiger partial charge in [-0.1, -0.05) is 60.2 Å². The first-order valence-corrected chi connectivity index (χ1v) is 10.5. The standard InChI is InChI=1S/C27H28N2O3/c1-19-15-20(2)27(21(3)16-19)29-26(31)17-28-25(30)14-11-22-9-12-24(13-10-22)32-18-23-7-5-4-6-8-23/h4-16H,17-18H2,1-3H3,(H,28,30)(H,29,31)/b14-11+. The van der Waals surface area contributed by atoms with E-state index in [1.165, 1.54) is 6.08 Å². The summed E-state index contributed by atoms with van der Waals surface area (Å²) in [5.74, 6) is 0.164. The first-order valence-electron chi connectivity index (χ1n) is 10.5. The molecule has 0 saturated carbocycles. The molecule has 0 aliphatic carbocycles. The van der Waals surface area contributed by atoms with Crippen molar-refractivity contribution in [2.24, 2.45) is 0 Å². The third-order valence-electron chi connectivity index (χ3n) is 4.92. The van der Waals surface area contributed by atoms with E-state index in [-0.39, 0.29) is 18.4 Å². The Morgan fingerprint density at radius 2 is 1.56 bits per heavy atom. The Kier molecular flexibility index (Phi) is 7.81. The first-order chi connectivity index (χ1) is 15.4. The summed E-state index contributed by atoms with van der Waals surface area (Å²) >= 11 is 0. The van der Waals surface area contributed by atoms with Gasteiger partial charge in [-0.3, -0.25) is 9.59 Å². The molecule has 32 heavy (non-hydrogen) atoms. The number of hydrogen-bond donors (Lipinski definition) is 2. The van der Waals surface area contributed by atoms with Crippen LogP contribution in [0.3, 0.4) is 0 Å². The molecule has 0 bridgehead atoms. The monoisotopic (exact) mass is 428 g/mol. The van der Waals surface area contributed by atoms with Gasteiger partial charge in [-0.15, -0.1) is 0 Å². The Morgan fingerprint density at radius 1 is 0.906 bits per heavy atom. The number of carbonyl (C=O) groups is 2. The van der Waals surface area contributed by atoms with E-state index in [2.05, 4.69) is 10.6 Å². The second-order valence-corrected chi connectivity index (χ2v) is 7.72. The molecule has 0 unspecified atom stereocenters. The molecular formula is C27H28N2O3. The van der Waals surface area contributed by atoms with E-state index in [0.717, 1.165) is 39.3 Å². The molecule has 0 atom stereocenters. The van der Waals surface area contributed by atoms with Crippen LogP contribution in [-0.4, -0.2) is 18.4 Å². The van der Waals surface area contributed by atoms with Gasteiger partial charge >= 0.3 is 0 Å². The van der Waals surface area contributed by atoms with Crippen molar-refractivity contribution >= 4 is 23.6 Å². The molecule has 0 aromatic heterocycles. The number of amides is 2. The van der Waals surface area contributed by atoms with Crippen LogP contribution in [0.2, 0.25) is 0 Å². The maximum atomic E-state index is 12.2. The van der Waals surface area contributed by atoms with E-state index < -0.39 is 0 Å². The van der Waals surface area contributed by atoms with E-state index >= 15 is 0 Å². The van der Waals surface area contributed by atoms with Crippen molar-refractivity contribution in [1.82, 2.24) is 5.32 Å². The Bertz CT molecular complexity index is 1080. The average molecular weight is 429 g/mol. The molecular weight excluding hydrogens is 400 g/mol. The molecule has 2 N–H and O–H groups in total. The van der Waals surface area contributed by atoms with E-state index in [9.17, 15) is 9.59 Å². The molecule has 3 aromatic rings. The van der Waals surface area contributed by atoms with Crippen LogP contribution >= 0.6 is 0 Å². The van der Waals surface area contributed by atoms with Crippen molar-refractivity contribution in [2.75, 3.05) is 11.9 Å². The van der Waals surface area contributed by atoms with Crippen LogP contribution < -0.4 is 15.4 Å². The maximum Gasteiger partial charge on any atom is 0.244 e. The number of rotatable bonds is 8. The quantitative estimate of drug-likeness (QED) is 0.499. The molecule has 2 amide bonds. The number of anilines is 1. The number of carbonyl (C=O) groups excluding carboxylic acids is 2. The number of ether oxygens (including phenoxy) is 1. The summed E-state index contributed by atoms with van der Waals surface area (Å²) in [5.41, 5.74) is 5.90. The van der Waals surface area contributed by atoms with Crippen molar-refractivity contribution in [3.8, 4) is 5.75 Å². The molecule has 0 spiro atoms. The summed E-state index contributed by atoms with van der Waals surface area (Å²) in [6, 6.07) is 21.5. The normalized spacial score (nSPS) is 10.7. The lowest BCUT2D eigenvalue weighted by Gasteiger charge is -2.13. The summed E-state index contributed by atoms with van der Waals surface area (Å²) in [4.78, 5) is 24.3. The molecule has 0 heterocycles. The average Bonchev–Trinajstić information content (AvgIpc) is 2.78. The zero-order valence-electron chi connectivity index (χ0n) is 18.6. The Morgan fingerprint density at radius 3 is 2.22 bits per heavy atom. The third-order valence-corrected chi connectivity index (χ3v) is 4.92. The van der Waals surface area contributed by atoms with Gasteiger partial charge in [-0.25, -0.2) is 0 Å². The predicted molar refractivity (Wildman–Crippen MR) is 129 cm³/mol. The van der Waals surface area contributed by atoms with Crippen molar-refractivity contribution in [3.05, 3.63) is 101 Å². The van der Waals surface area contributed by atoms with Crippen LogP contribution in [0.5, 0.6) is 5.75 Å². The Labute approximate surface area is 189 Å². The highest BCUT2D eigenvalue weighted by atomic mass is 16.5. The lowest BCUT2D eigenvalue weighted by atomic mass is 10.1. The highest BCUT2D eigenvalue weighted by molar-refractivity contribution is 5.98. The minimum Gasteiger partial charge on any atom is -0.489 e. The molecule has 0 fully saturated rings. The van der Waals surface area contributed by atoms with Crippen LogP contribution in [0, 0.1) is 20.8 Å². The smallest absolute Gasteiger partial charge is 0.244 e. The lowest BCUT2D eigenvalue weighted by molar-refractivity contribution is -0.121. The van der Waals surface area contributed by atoms with Gasteiger partial charge in [-0.05, 0) is 61.2 Å². The van der Waals surface area contributed by atoms with Crippen LogP contribution in [0.4, 0.5) is 5.69 Å². The molecule has 0 aliphatic rings. The van der Waals surface area contributed by atoms with E-state index in [0.29, 0.717) is 6.61 Å². The van der Waals surface area contributed by atoms with Gasteiger partial charge in [-0.2, -0.15) is 0 Å². The Balaban J connectivity index is 1.45. The van der Waals surface area contributed by atoms with Gasteiger partial charge in [0.15, 0.2) is 0 Å². The number of nitrogens with one attached hydrogen (secondary N) is 2. The molecule has 3 rings (SSSR count). The largest absolute Gasteiger partial charge is 0.489 e. The zero-order chi connectivity index (χ0) is 22.9. The number of hydrogen-bond acceptors (Lipinski definition) is 3. The highest BCUT2D eigenvalue weighted by Gasteiger charge is 2.09. The van der Waals surface area contributed by atoms with Crippen LogP contribution in [-0.2, 0) is 16.2 Å². The van der Waals surface area contributed by atoms with E-state index in [1.54, 1.807) is 6.08 Å². The van der Waals surface area contributed by atoms with Crippen LogP contribution in [0.1, 0.15) is 27.8 Å².